The highest BCUT2D eigenvalue weighted by molar-refractivity contribution is 7.90. The highest BCUT2D eigenvalue weighted by Gasteiger charge is 2.37. The molecule has 0 unspecified atom stereocenters. The van der Waals surface area contributed by atoms with E-state index in [-0.39, 0.29) is 17.4 Å². The van der Waals surface area contributed by atoms with Crippen LogP contribution in [0.15, 0.2) is 29.2 Å². The van der Waals surface area contributed by atoms with Gasteiger partial charge in [0.25, 0.3) is 5.91 Å². The van der Waals surface area contributed by atoms with Crippen molar-refractivity contribution in [2.45, 2.75) is 30.9 Å². The number of likely N-dealkylation sites (tertiary alicyclic amines) is 1. The first kappa shape index (κ1) is 17.3. The van der Waals surface area contributed by atoms with Crippen LogP contribution in [0.25, 0.3) is 11.3 Å². The smallest absolute Gasteiger partial charge is 0.274 e. The lowest BCUT2D eigenvalue weighted by atomic mass is 9.91. The topological polar surface area (TPSA) is 72.3 Å². The summed E-state index contributed by atoms with van der Waals surface area (Å²) in [4.78, 5) is 15.3. The van der Waals surface area contributed by atoms with Crippen LogP contribution < -0.4 is 0 Å². The largest absolute Gasteiger partial charge is 0.337 e. The summed E-state index contributed by atoms with van der Waals surface area (Å²) >= 11 is 0. The zero-order valence-electron chi connectivity index (χ0n) is 15.3. The van der Waals surface area contributed by atoms with E-state index in [0.29, 0.717) is 40.9 Å². The molecule has 2 aromatic rings. The molecule has 6 nitrogen and oxygen atoms in total. The van der Waals surface area contributed by atoms with Crippen LogP contribution in [0.5, 0.6) is 0 Å². The van der Waals surface area contributed by atoms with Crippen molar-refractivity contribution in [3.05, 3.63) is 35.5 Å². The zero-order valence-corrected chi connectivity index (χ0v) is 16.1. The number of hydrogen-bond acceptors (Lipinski definition) is 4. The second kappa shape index (κ2) is 5.94. The minimum absolute atomic E-state index is 0.158. The van der Waals surface area contributed by atoms with E-state index in [9.17, 15) is 13.2 Å². The van der Waals surface area contributed by atoms with Crippen LogP contribution in [-0.2, 0) is 22.6 Å². The SMILES string of the molecule is C[C@@H]1C[C@@H](C)CN(C(=O)c2nn(C)c3c2CS(=O)(=O)c2ccccc2-3)C1. The molecule has 4 rings (SSSR count). The summed E-state index contributed by atoms with van der Waals surface area (Å²) in [5, 5.41) is 4.44. The Labute approximate surface area is 153 Å². The molecule has 2 aliphatic rings. The van der Waals surface area contributed by atoms with Crippen LogP contribution >= 0.6 is 0 Å². The van der Waals surface area contributed by atoms with Crippen molar-refractivity contribution in [1.82, 2.24) is 14.7 Å². The summed E-state index contributed by atoms with van der Waals surface area (Å²) in [5.41, 5.74) is 2.17. The average molecular weight is 373 g/mol. The Morgan fingerprint density at radius 1 is 1.15 bits per heavy atom. The molecule has 3 heterocycles. The van der Waals surface area contributed by atoms with E-state index in [1.807, 2.05) is 11.0 Å². The molecule has 2 atom stereocenters. The molecule has 1 aromatic carbocycles. The molecule has 0 N–H and O–H groups in total. The van der Waals surface area contributed by atoms with Crippen molar-refractivity contribution in [3.8, 4) is 11.3 Å². The summed E-state index contributed by atoms with van der Waals surface area (Å²) in [5.74, 6) is 0.543. The van der Waals surface area contributed by atoms with Crippen LogP contribution in [0.2, 0.25) is 0 Å². The van der Waals surface area contributed by atoms with Crippen molar-refractivity contribution in [2.75, 3.05) is 13.1 Å². The van der Waals surface area contributed by atoms with Crippen LogP contribution in [0, 0.1) is 11.8 Å². The number of rotatable bonds is 1. The van der Waals surface area contributed by atoms with Crippen molar-refractivity contribution >= 4 is 15.7 Å². The third-order valence-corrected chi connectivity index (χ3v) is 7.01. The summed E-state index contributed by atoms with van der Waals surface area (Å²) in [7, 11) is -1.70. The number of sulfone groups is 1. The third kappa shape index (κ3) is 2.65. The first-order chi connectivity index (χ1) is 12.3. The molecule has 1 aromatic heterocycles. The number of hydrogen-bond donors (Lipinski definition) is 0. The van der Waals surface area contributed by atoms with Gasteiger partial charge in [0.05, 0.1) is 16.3 Å². The van der Waals surface area contributed by atoms with Crippen molar-refractivity contribution in [2.24, 2.45) is 18.9 Å². The number of nitrogens with zero attached hydrogens (tertiary/aromatic N) is 3. The Balaban J connectivity index is 1.82. The molecule has 26 heavy (non-hydrogen) atoms. The Hall–Kier alpha value is -2.15. The lowest BCUT2D eigenvalue weighted by molar-refractivity contribution is 0.0615. The summed E-state index contributed by atoms with van der Waals surface area (Å²) in [6.07, 6.45) is 1.10. The second-order valence-electron chi connectivity index (χ2n) is 7.71. The fourth-order valence-corrected chi connectivity index (χ4v) is 5.99. The molecule has 1 saturated heterocycles. The summed E-state index contributed by atoms with van der Waals surface area (Å²) in [6, 6.07) is 6.94. The molecular formula is C19H23N3O3S. The van der Waals surface area contributed by atoms with Crippen molar-refractivity contribution in [1.29, 1.82) is 0 Å². The van der Waals surface area contributed by atoms with E-state index in [1.165, 1.54) is 0 Å². The van der Waals surface area contributed by atoms with Gasteiger partial charge < -0.3 is 4.90 Å². The normalized spacial score (nSPS) is 24.0. The van der Waals surface area contributed by atoms with E-state index in [4.69, 9.17) is 0 Å². The first-order valence-electron chi connectivity index (χ1n) is 8.95. The van der Waals surface area contributed by atoms with Gasteiger partial charge in [-0.1, -0.05) is 32.0 Å². The number of aryl methyl sites for hydroxylation is 1. The summed E-state index contributed by atoms with van der Waals surface area (Å²) in [6.45, 7) is 5.67. The number of aromatic nitrogens is 2. The Bertz CT molecular complexity index is 983. The van der Waals surface area contributed by atoms with E-state index >= 15 is 0 Å². The van der Waals surface area contributed by atoms with E-state index < -0.39 is 9.84 Å². The number of amides is 1. The predicted octanol–water partition coefficient (Wildman–Crippen LogP) is 2.49. The number of carbonyl (C=O) groups is 1. The van der Waals surface area contributed by atoms with Gasteiger partial charge in [-0.2, -0.15) is 5.10 Å². The fraction of sp³-hybridized carbons (Fsp3) is 0.474. The van der Waals surface area contributed by atoms with E-state index in [2.05, 4.69) is 18.9 Å². The van der Waals surface area contributed by atoms with Crippen molar-refractivity contribution in [3.63, 3.8) is 0 Å². The maximum absolute atomic E-state index is 13.2. The van der Waals surface area contributed by atoms with Gasteiger partial charge >= 0.3 is 0 Å². The van der Waals surface area contributed by atoms with Crippen LogP contribution in [0.4, 0.5) is 0 Å². The highest BCUT2D eigenvalue weighted by Crippen LogP contribution is 2.39. The molecule has 138 valence electrons. The minimum atomic E-state index is -3.47. The molecule has 0 bridgehead atoms. The van der Waals surface area contributed by atoms with Crippen LogP contribution in [0.1, 0.15) is 36.3 Å². The lowest BCUT2D eigenvalue weighted by Gasteiger charge is -2.34. The highest BCUT2D eigenvalue weighted by atomic mass is 32.2. The second-order valence-corrected chi connectivity index (χ2v) is 9.67. The number of benzene rings is 1. The minimum Gasteiger partial charge on any atom is -0.337 e. The van der Waals surface area contributed by atoms with Crippen LogP contribution in [0.3, 0.4) is 0 Å². The zero-order chi connectivity index (χ0) is 18.6. The molecule has 7 heteroatoms. The number of piperidine rings is 1. The van der Waals surface area contributed by atoms with Gasteiger partial charge in [0, 0.05) is 31.3 Å². The quantitative estimate of drug-likeness (QED) is 0.770. The van der Waals surface area contributed by atoms with E-state index in [1.54, 1.807) is 29.9 Å². The maximum Gasteiger partial charge on any atom is 0.274 e. The maximum atomic E-state index is 13.2. The Morgan fingerprint density at radius 2 is 1.81 bits per heavy atom. The van der Waals surface area contributed by atoms with Gasteiger partial charge in [-0.3, -0.25) is 9.48 Å². The number of carbonyl (C=O) groups excluding carboxylic acids is 1. The Kier molecular flexibility index (Phi) is 3.95. The third-order valence-electron chi connectivity index (χ3n) is 5.32. The fourth-order valence-electron chi connectivity index (χ4n) is 4.39. The lowest BCUT2D eigenvalue weighted by Crippen LogP contribution is -2.43. The molecule has 1 fully saturated rings. The summed E-state index contributed by atoms with van der Waals surface area (Å²) < 4.78 is 27.1. The van der Waals surface area contributed by atoms with E-state index in [0.717, 1.165) is 12.1 Å². The predicted molar refractivity (Wildman–Crippen MR) is 98.4 cm³/mol. The van der Waals surface area contributed by atoms with Gasteiger partial charge in [-0.25, -0.2) is 8.42 Å². The molecule has 2 aliphatic heterocycles. The molecule has 0 radical (unpaired) electrons. The molecule has 0 spiro atoms. The van der Waals surface area contributed by atoms with Gasteiger partial charge in [-0.15, -0.1) is 0 Å². The van der Waals surface area contributed by atoms with Gasteiger partial charge in [0.1, 0.15) is 0 Å². The molecule has 1 amide bonds. The molecule has 0 aliphatic carbocycles. The average Bonchev–Trinajstić information content (AvgIpc) is 2.89. The molecular weight excluding hydrogens is 350 g/mol. The standard InChI is InChI=1S/C19H23N3O3S/c1-12-8-13(2)10-22(9-12)19(23)17-15-11-26(24,25)16-7-5-4-6-14(16)18(15)21(3)20-17/h4-7,12-13H,8-11H2,1-3H3/t12-,13-/m1/s1. The number of fused-ring (bicyclic) bond motifs is 3. The Morgan fingerprint density at radius 3 is 2.50 bits per heavy atom. The molecule has 0 saturated carbocycles. The first-order valence-corrected chi connectivity index (χ1v) is 10.6. The monoisotopic (exact) mass is 373 g/mol. The van der Waals surface area contributed by atoms with Crippen LogP contribution in [-0.4, -0.2) is 42.1 Å². The van der Waals surface area contributed by atoms with Crippen molar-refractivity contribution < 1.29 is 13.2 Å². The van der Waals surface area contributed by atoms with Gasteiger partial charge in [0.15, 0.2) is 15.5 Å². The van der Waals surface area contributed by atoms with Gasteiger partial charge in [-0.05, 0) is 24.3 Å². The van der Waals surface area contributed by atoms with Gasteiger partial charge in [0.2, 0.25) is 0 Å².